The van der Waals surface area contributed by atoms with E-state index in [1.54, 1.807) is 11.0 Å². The first-order chi connectivity index (χ1) is 10.5. The van der Waals surface area contributed by atoms with Crippen LogP contribution in [0.4, 0.5) is 16.2 Å². The van der Waals surface area contributed by atoms with Gasteiger partial charge in [-0.25, -0.2) is 4.79 Å². The van der Waals surface area contributed by atoms with Gasteiger partial charge in [0.1, 0.15) is 5.75 Å². The van der Waals surface area contributed by atoms with Crippen LogP contribution < -0.4 is 19.9 Å². The van der Waals surface area contributed by atoms with Crippen molar-refractivity contribution in [2.45, 2.75) is 19.8 Å². The van der Waals surface area contributed by atoms with Gasteiger partial charge in [0.25, 0.3) is 0 Å². The number of ether oxygens (including phenoxy) is 1. The summed E-state index contributed by atoms with van der Waals surface area (Å²) in [5, 5.41) is 2.29. The van der Waals surface area contributed by atoms with Crippen molar-refractivity contribution in [3.05, 3.63) is 17.7 Å². The van der Waals surface area contributed by atoms with Crippen molar-refractivity contribution >= 4 is 29.2 Å². The lowest BCUT2D eigenvalue weighted by Crippen LogP contribution is -2.49. The summed E-state index contributed by atoms with van der Waals surface area (Å²) in [6, 6.07) is 3.18. The van der Waals surface area contributed by atoms with Crippen LogP contribution in [0.25, 0.3) is 0 Å². The number of fused-ring (bicyclic) bond motifs is 1. The Labute approximate surface area is 127 Å². The molecular weight excluding hydrogens is 286 g/mol. The highest BCUT2D eigenvalue weighted by Gasteiger charge is 2.30. The van der Waals surface area contributed by atoms with Crippen LogP contribution in [0, 0.1) is 0 Å². The minimum atomic E-state index is -0.470. The molecule has 0 radical (unpaired) electrons. The van der Waals surface area contributed by atoms with E-state index < -0.39 is 6.03 Å². The van der Waals surface area contributed by atoms with E-state index in [2.05, 4.69) is 5.32 Å². The van der Waals surface area contributed by atoms with Crippen LogP contribution >= 0.6 is 0 Å². The van der Waals surface area contributed by atoms with Gasteiger partial charge in [0, 0.05) is 32.1 Å². The summed E-state index contributed by atoms with van der Waals surface area (Å²) in [5.74, 6) is 0.244. The Bertz CT molecular complexity index is 671. The number of urea groups is 1. The normalized spacial score (nSPS) is 17.4. The summed E-state index contributed by atoms with van der Waals surface area (Å²) in [5.41, 5.74) is 2.39. The third-order valence-electron chi connectivity index (χ3n) is 4.00. The highest BCUT2D eigenvalue weighted by atomic mass is 16.5. The average molecular weight is 303 g/mol. The standard InChI is InChI=1S/C15H17N3O4/c1-9(19)17-5-3-10-7-13(22-2)12(8-11(10)17)18-6-4-14(20)16-15(18)21/h7-8H,3-6H2,1-2H3,(H,16,20,21). The van der Waals surface area contributed by atoms with Crippen LogP contribution in [-0.4, -0.2) is 38.0 Å². The second kappa shape index (κ2) is 5.32. The smallest absolute Gasteiger partial charge is 0.328 e. The quantitative estimate of drug-likeness (QED) is 0.885. The van der Waals surface area contributed by atoms with Crippen molar-refractivity contribution in [3.63, 3.8) is 0 Å². The number of amides is 4. The number of carbonyl (C=O) groups excluding carboxylic acids is 3. The topological polar surface area (TPSA) is 79.0 Å². The molecule has 0 spiro atoms. The SMILES string of the molecule is COc1cc2c(cc1N1CCC(=O)NC1=O)N(C(C)=O)CC2. The molecule has 2 aliphatic rings. The Kier molecular flexibility index (Phi) is 3.48. The molecule has 2 heterocycles. The highest BCUT2D eigenvalue weighted by Crippen LogP contribution is 2.39. The van der Waals surface area contributed by atoms with Crippen molar-refractivity contribution in [1.29, 1.82) is 0 Å². The summed E-state index contributed by atoms with van der Waals surface area (Å²) < 4.78 is 5.38. The van der Waals surface area contributed by atoms with E-state index >= 15 is 0 Å². The van der Waals surface area contributed by atoms with Crippen LogP contribution in [-0.2, 0) is 16.0 Å². The van der Waals surface area contributed by atoms with Gasteiger partial charge >= 0.3 is 6.03 Å². The maximum absolute atomic E-state index is 12.0. The lowest BCUT2D eigenvalue weighted by atomic mass is 10.1. The fourth-order valence-corrected chi connectivity index (χ4v) is 2.90. The van der Waals surface area contributed by atoms with Gasteiger partial charge in [-0.15, -0.1) is 0 Å². The van der Waals surface area contributed by atoms with Crippen molar-refractivity contribution < 1.29 is 19.1 Å². The molecule has 1 aromatic carbocycles. The molecule has 1 saturated heterocycles. The summed E-state index contributed by atoms with van der Waals surface area (Å²) in [7, 11) is 1.54. The number of hydrogen-bond donors (Lipinski definition) is 1. The number of hydrogen-bond acceptors (Lipinski definition) is 4. The maximum Gasteiger partial charge on any atom is 0.328 e. The molecule has 116 valence electrons. The summed E-state index contributed by atoms with van der Waals surface area (Å²) in [6.45, 7) is 2.44. The number of nitrogens with one attached hydrogen (secondary N) is 1. The molecule has 0 aliphatic carbocycles. The van der Waals surface area contributed by atoms with E-state index in [-0.39, 0.29) is 18.2 Å². The van der Waals surface area contributed by atoms with Crippen molar-refractivity contribution in [2.75, 3.05) is 30.0 Å². The van der Waals surface area contributed by atoms with Gasteiger partial charge in [0.2, 0.25) is 11.8 Å². The van der Waals surface area contributed by atoms with Gasteiger partial charge in [0.05, 0.1) is 12.8 Å². The zero-order valence-corrected chi connectivity index (χ0v) is 12.5. The first-order valence-corrected chi connectivity index (χ1v) is 7.11. The lowest BCUT2D eigenvalue weighted by molar-refractivity contribution is -0.120. The lowest BCUT2D eigenvalue weighted by Gasteiger charge is -2.29. The molecule has 0 unspecified atom stereocenters. The molecule has 3 rings (SSSR count). The van der Waals surface area contributed by atoms with E-state index in [1.165, 1.54) is 18.9 Å². The largest absolute Gasteiger partial charge is 0.495 e. The fraction of sp³-hybridized carbons (Fsp3) is 0.400. The summed E-state index contributed by atoms with van der Waals surface area (Å²) in [6.07, 6.45) is 0.999. The van der Waals surface area contributed by atoms with Gasteiger partial charge in [0.15, 0.2) is 0 Å². The predicted molar refractivity (Wildman–Crippen MR) is 80.2 cm³/mol. The van der Waals surface area contributed by atoms with Crippen molar-refractivity contribution in [3.8, 4) is 5.75 Å². The molecule has 0 bridgehead atoms. The molecular formula is C15H17N3O4. The molecule has 4 amide bonds. The number of anilines is 2. The van der Waals surface area contributed by atoms with E-state index in [1.807, 2.05) is 6.07 Å². The highest BCUT2D eigenvalue weighted by molar-refractivity contribution is 6.07. The zero-order chi connectivity index (χ0) is 15.9. The molecule has 0 aromatic heterocycles. The third-order valence-corrected chi connectivity index (χ3v) is 4.00. The van der Waals surface area contributed by atoms with Gasteiger partial charge in [-0.2, -0.15) is 0 Å². The molecule has 1 N–H and O–H groups in total. The fourth-order valence-electron chi connectivity index (χ4n) is 2.90. The summed E-state index contributed by atoms with van der Waals surface area (Å²) >= 11 is 0. The van der Waals surface area contributed by atoms with Crippen LogP contribution in [0.1, 0.15) is 18.9 Å². The second-order valence-electron chi connectivity index (χ2n) is 5.33. The first kappa shape index (κ1) is 14.4. The molecule has 1 aromatic rings. The number of carbonyl (C=O) groups is 3. The molecule has 0 saturated carbocycles. The van der Waals surface area contributed by atoms with Gasteiger partial charge in [-0.05, 0) is 24.1 Å². The van der Waals surface area contributed by atoms with E-state index in [9.17, 15) is 14.4 Å². The summed E-state index contributed by atoms with van der Waals surface area (Å²) in [4.78, 5) is 38.2. The molecule has 0 atom stereocenters. The molecule has 22 heavy (non-hydrogen) atoms. The van der Waals surface area contributed by atoms with E-state index in [0.29, 0.717) is 24.5 Å². The minimum absolute atomic E-state index is 0.0341. The number of nitrogens with zero attached hydrogens (tertiary/aromatic N) is 2. The van der Waals surface area contributed by atoms with E-state index in [0.717, 1.165) is 17.7 Å². The van der Waals surface area contributed by atoms with Gasteiger partial charge in [-0.3, -0.25) is 19.8 Å². The average Bonchev–Trinajstić information content (AvgIpc) is 2.89. The molecule has 1 fully saturated rings. The Hall–Kier alpha value is -2.57. The Morgan fingerprint density at radius 1 is 1.18 bits per heavy atom. The number of rotatable bonds is 2. The Balaban J connectivity index is 2.04. The number of methoxy groups -OCH3 is 1. The van der Waals surface area contributed by atoms with Crippen LogP contribution in [0.3, 0.4) is 0 Å². The number of benzene rings is 1. The third kappa shape index (κ3) is 2.28. The molecule has 7 heteroatoms. The van der Waals surface area contributed by atoms with Crippen LogP contribution in [0.2, 0.25) is 0 Å². The van der Waals surface area contributed by atoms with Gasteiger partial charge in [-0.1, -0.05) is 0 Å². The monoisotopic (exact) mass is 303 g/mol. The Morgan fingerprint density at radius 2 is 1.95 bits per heavy atom. The maximum atomic E-state index is 12.0. The zero-order valence-electron chi connectivity index (χ0n) is 12.5. The van der Waals surface area contributed by atoms with Gasteiger partial charge < -0.3 is 9.64 Å². The molecule has 2 aliphatic heterocycles. The van der Waals surface area contributed by atoms with Crippen molar-refractivity contribution in [2.24, 2.45) is 0 Å². The first-order valence-electron chi connectivity index (χ1n) is 7.11. The molecule has 7 nitrogen and oxygen atoms in total. The number of imide groups is 1. The van der Waals surface area contributed by atoms with Crippen LogP contribution in [0.5, 0.6) is 5.75 Å². The Morgan fingerprint density at radius 3 is 2.59 bits per heavy atom. The second-order valence-corrected chi connectivity index (χ2v) is 5.33. The van der Waals surface area contributed by atoms with Crippen molar-refractivity contribution in [1.82, 2.24) is 5.32 Å². The predicted octanol–water partition coefficient (Wildman–Crippen LogP) is 1.05. The van der Waals surface area contributed by atoms with E-state index in [4.69, 9.17) is 4.74 Å². The minimum Gasteiger partial charge on any atom is -0.495 e. The van der Waals surface area contributed by atoms with Crippen LogP contribution in [0.15, 0.2) is 12.1 Å².